The minimum Gasteiger partial charge on any atom is -0.466 e. The molecule has 0 heterocycles. The number of ether oxygens (including phenoxy) is 1. The molecule has 0 fully saturated rings. The van der Waals surface area contributed by atoms with Gasteiger partial charge in [-0.15, -0.1) is 0 Å². The third-order valence-electron chi connectivity index (χ3n) is 2.65. The summed E-state index contributed by atoms with van der Waals surface area (Å²) in [6.45, 7) is 2.08. The quantitative estimate of drug-likeness (QED) is 0.672. The van der Waals surface area contributed by atoms with E-state index in [1.165, 1.54) is 7.11 Å². The first-order valence-corrected chi connectivity index (χ1v) is 4.63. The smallest absolute Gasteiger partial charge is 0.333 e. The first kappa shape index (κ1) is 10.3. The molecule has 0 saturated carbocycles. The largest absolute Gasteiger partial charge is 0.466 e. The lowest BCUT2D eigenvalue weighted by Crippen LogP contribution is -2.06. The Hall–Kier alpha value is -0.830. The maximum atomic E-state index is 11.3. The van der Waals surface area contributed by atoms with Crippen LogP contribution in [0.4, 0.5) is 0 Å². The molecule has 3 heteroatoms. The highest BCUT2D eigenvalue weighted by Crippen LogP contribution is 2.33. The van der Waals surface area contributed by atoms with Gasteiger partial charge in [-0.3, -0.25) is 0 Å². The third kappa shape index (κ3) is 2.10. The molecule has 74 valence electrons. The van der Waals surface area contributed by atoms with Gasteiger partial charge in [0.2, 0.25) is 0 Å². The highest BCUT2D eigenvalue weighted by atomic mass is 16.5. The SMILES string of the molecule is CC[C@@H]1CC(CO)=C(C(=O)OC)C1. The monoisotopic (exact) mass is 184 g/mol. The van der Waals surface area contributed by atoms with Crippen molar-refractivity contribution in [2.24, 2.45) is 5.92 Å². The molecule has 0 unspecified atom stereocenters. The van der Waals surface area contributed by atoms with Crippen LogP contribution in [0.5, 0.6) is 0 Å². The van der Waals surface area contributed by atoms with E-state index in [1.807, 2.05) is 0 Å². The lowest BCUT2D eigenvalue weighted by molar-refractivity contribution is -0.136. The van der Waals surface area contributed by atoms with Crippen molar-refractivity contribution in [1.29, 1.82) is 0 Å². The van der Waals surface area contributed by atoms with Crippen LogP contribution in [-0.4, -0.2) is 24.8 Å². The zero-order chi connectivity index (χ0) is 9.84. The molecular formula is C10H16O3. The lowest BCUT2D eigenvalue weighted by atomic mass is 10.0. The van der Waals surface area contributed by atoms with Crippen molar-refractivity contribution in [1.82, 2.24) is 0 Å². The second-order valence-corrected chi connectivity index (χ2v) is 3.41. The molecule has 1 rings (SSSR count). The number of hydrogen-bond donors (Lipinski definition) is 1. The van der Waals surface area contributed by atoms with Crippen LogP contribution in [0.15, 0.2) is 11.1 Å². The van der Waals surface area contributed by atoms with E-state index in [2.05, 4.69) is 11.7 Å². The van der Waals surface area contributed by atoms with Gasteiger partial charge in [0.05, 0.1) is 13.7 Å². The van der Waals surface area contributed by atoms with Gasteiger partial charge in [-0.1, -0.05) is 13.3 Å². The summed E-state index contributed by atoms with van der Waals surface area (Å²) >= 11 is 0. The Kier molecular flexibility index (Phi) is 3.48. The normalized spacial score (nSPS) is 22.2. The van der Waals surface area contributed by atoms with Gasteiger partial charge in [0.25, 0.3) is 0 Å². The number of carbonyl (C=O) groups excluding carboxylic acids is 1. The number of rotatable bonds is 3. The molecule has 0 spiro atoms. The molecule has 1 atom stereocenters. The van der Waals surface area contributed by atoms with Crippen LogP contribution in [0, 0.1) is 5.92 Å². The van der Waals surface area contributed by atoms with Crippen molar-refractivity contribution in [3.8, 4) is 0 Å². The maximum absolute atomic E-state index is 11.3. The van der Waals surface area contributed by atoms with Crippen molar-refractivity contribution in [2.75, 3.05) is 13.7 Å². The first-order valence-electron chi connectivity index (χ1n) is 4.63. The zero-order valence-electron chi connectivity index (χ0n) is 8.17. The highest BCUT2D eigenvalue weighted by Gasteiger charge is 2.27. The Bertz CT molecular complexity index is 230. The molecule has 0 aliphatic heterocycles. The van der Waals surface area contributed by atoms with Gasteiger partial charge in [0, 0.05) is 5.57 Å². The van der Waals surface area contributed by atoms with Crippen molar-refractivity contribution in [2.45, 2.75) is 26.2 Å². The van der Waals surface area contributed by atoms with Gasteiger partial charge < -0.3 is 9.84 Å². The Morgan fingerprint density at radius 3 is 2.77 bits per heavy atom. The van der Waals surface area contributed by atoms with Crippen LogP contribution in [0.25, 0.3) is 0 Å². The summed E-state index contributed by atoms with van der Waals surface area (Å²) in [5.74, 6) is 0.233. The molecular weight excluding hydrogens is 168 g/mol. The van der Waals surface area contributed by atoms with Crippen LogP contribution in [-0.2, 0) is 9.53 Å². The Labute approximate surface area is 78.4 Å². The summed E-state index contributed by atoms with van der Waals surface area (Å²) in [5.41, 5.74) is 1.55. The van der Waals surface area contributed by atoms with Crippen LogP contribution in [0.3, 0.4) is 0 Å². The number of carbonyl (C=O) groups is 1. The summed E-state index contributed by atoms with van der Waals surface area (Å²) in [5, 5.41) is 9.03. The molecule has 1 N–H and O–H groups in total. The predicted molar refractivity (Wildman–Crippen MR) is 49.1 cm³/mol. The Balaban J connectivity index is 2.73. The summed E-state index contributed by atoms with van der Waals surface area (Å²) in [7, 11) is 1.38. The third-order valence-corrected chi connectivity index (χ3v) is 2.65. The van der Waals surface area contributed by atoms with Crippen LogP contribution >= 0.6 is 0 Å². The fourth-order valence-electron chi connectivity index (χ4n) is 1.78. The average molecular weight is 184 g/mol. The van der Waals surface area contributed by atoms with E-state index in [-0.39, 0.29) is 12.6 Å². The summed E-state index contributed by atoms with van der Waals surface area (Å²) < 4.78 is 4.65. The second kappa shape index (κ2) is 4.42. The standard InChI is InChI=1S/C10H16O3/c1-3-7-4-8(6-11)9(5-7)10(12)13-2/h7,11H,3-6H2,1-2H3/t7-/m1/s1. The minimum atomic E-state index is -0.278. The number of hydrogen-bond acceptors (Lipinski definition) is 3. The molecule has 0 aromatic rings. The Morgan fingerprint density at radius 1 is 1.62 bits per heavy atom. The highest BCUT2D eigenvalue weighted by molar-refractivity contribution is 5.90. The molecule has 1 aliphatic rings. The molecule has 0 aromatic carbocycles. The van der Waals surface area contributed by atoms with Gasteiger partial charge in [-0.2, -0.15) is 0 Å². The minimum absolute atomic E-state index is 0.0130. The fraction of sp³-hybridized carbons (Fsp3) is 0.700. The van der Waals surface area contributed by atoms with Crippen LogP contribution < -0.4 is 0 Å². The zero-order valence-corrected chi connectivity index (χ0v) is 8.17. The van der Waals surface area contributed by atoms with Gasteiger partial charge in [-0.05, 0) is 24.3 Å². The summed E-state index contributed by atoms with van der Waals surface area (Å²) in [4.78, 5) is 11.3. The Morgan fingerprint density at radius 2 is 2.31 bits per heavy atom. The maximum Gasteiger partial charge on any atom is 0.333 e. The van der Waals surface area contributed by atoms with Crippen LogP contribution in [0.1, 0.15) is 26.2 Å². The molecule has 1 aliphatic carbocycles. The van der Waals surface area contributed by atoms with Crippen molar-refractivity contribution in [3.63, 3.8) is 0 Å². The summed E-state index contributed by atoms with van der Waals surface area (Å²) in [6, 6.07) is 0. The molecule has 0 amide bonds. The van der Waals surface area contributed by atoms with E-state index in [4.69, 9.17) is 5.11 Å². The second-order valence-electron chi connectivity index (χ2n) is 3.41. The van der Waals surface area contributed by atoms with E-state index in [9.17, 15) is 4.79 Å². The molecule has 0 radical (unpaired) electrons. The molecule has 0 aromatic heterocycles. The van der Waals surface area contributed by atoms with Crippen LogP contribution in [0.2, 0.25) is 0 Å². The molecule has 0 bridgehead atoms. The van der Waals surface area contributed by atoms with E-state index in [0.29, 0.717) is 11.5 Å². The molecule has 0 saturated heterocycles. The fourth-order valence-corrected chi connectivity index (χ4v) is 1.78. The lowest BCUT2D eigenvalue weighted by Gasteiger charge is -2.04. The topological polar surface area (TPSA) is 46.5 Å². The van der Waals surface area contributed by atoms with E-state index < -0.39 is 0 Å². The molecule has 3 nitrogen and oxygen atoms in total. The van der Waals surface area contributed by atoms with E-state index in [1.54, 1.807) is 0 Å². The van der Waals surface area contributed by atoms with E-state index in [0.717, 1.165) is 24.8 Å². The van der Waals surface area contributed by atoms with Gasteiger partial charge in [0.15, 0.2) is 0 Å². The number of methoxy groups -OCH3 is 1. The summed E-state index contributed by atoms with van der Waals surface area (Å²) in [6.07, 6.45) is 2.65. The average Bonchev–Trinajstić information content (AvgIpc) is 2.59. The number of aliphatic hydroxyl groups is 1. The number of aliphatic hydroxyl groups excluding tert-OH is 1. The van der Waals surface area contributed by atoms with Gasteiger partial charge >= 0.3 is 5.97 Å². The van der Waals surface area contributed by atoms with Gasteiger partial charge in [-0.25, -0.2) is 4.79 Å². The van der Waals surface area contributed by atoms with Gasteiger partial charge in [0.1, 0.15) is 0 Å². The van der Waals surface area contributed by atoms with Crippen molar-refractivity contribution in [3.05, 3.63) is 11.1 Å². The van der Waals surface area contributed by atoms with Crippen molar-refractivity contribution < 1.29 is 14.6 Å². The van der Waals surface area contributed by atoms with Crippen molar-refractivity contribution >= 4 is 5.97 Å². The predicted octanol–water partition coefficient (Wildman–Crippen LogP) is 1.27. The number of esters is 1. The molecule has 13 heavy (non-hydrogen) atoms. The van der Waals surface area contributed by atoms with E-state index >= 15 is 0 Å². The first-order chi connectivity index (χ1) is 6.22.